The van der Waals surface area contributed by atoms with E-state index in [1.807, 2.05) is 31.2 Å². The number of hydrogen-bond donors (Lipinski definition) is 1. The Morgan fingerprint density at radius 1 is 1.32 bits per heavy atom. The van der Waals surface area contributed by atoms with E-state index >= 15 is 0 Å². The molecule has 3 nitrogen and oxygen atoms in total. The van der Waals surface area contributed by atoms with Crippen molar-refractivity contribution in [2.75, 3.05) is 12.4 Å². The molecule has 1 aromatic rings. The van der Waals surface area contributed by atoms with Crippen LogP contribution in [0.25, 0.3) is 0 Å². The van der Waals surface area contributed by atoms with Crippen molar-refractivity contribution in [3.8, 4) is 0 Å². The molecule has 0 saturated carbocycles. The van der Waals surface area contributed by atoms with E-state index < -0.39 is 18.7 Å². The maximum absolute atomic E-state index is 11.7. The van der Waals surface area contributed by atoms with Gasteiger partial charge in [0.25, 0.3) is 5.91 Å². The maximum atomic E-state index is 11.7. The Kier molecular flexibility index (Phi) is 6.17. The lowest BCUT2D eigenvalue weighted by molar-refractivity contribution is -0.191. The van der Waals surface area contributed by atoms with Gasteiger partial charge in [0, 0.05) is 5.75 Å². The SMILES string of the molecule is Cc1ccc(CSCC(=O)NOCC(F)(F)F)cc1. The number of thioether (sulfide) groups is 1. The first kappa shape index (κ1) is 15.8. The van der Waals surface area contributed by atoms with Gasteiger partial charge in [0.2, 0.25) is 0 Å². The molecule has 0 aromatic heterocycles. The fourth-order valence-corrected chi connectivity index (χ4v) is 1.95. The molecule has 0 aliphatic carbocycles. The zero-order chi connectivity index (χ0) is 14.3. The summed E-state index contributed by atoms with van der Waals surface area (Å²) in [5, 5.41) is 0. The number of aryl methyl sites for hydroxylation is 1. The molecule has 0 aliphatic heterocycles. The third-order valence-corrected chi connectivity index (χ3v) is 3.05. The first-order chi connectivity index (χ1) is 8.87. The quantitative estimate of drug-likeness (QED) is 0.820. The Labute approximate surface area is 113 Å². The van der Waals surface area contributed by atoms with E-state index in [0.717, 1.165) is 11.1 Å². The van der Waals surface area contributed by atoms with Gasteiger partial charge in [0.05, 0.1) is 5.75 Å². The first-order valence-electron chi connectivity index (χ1n) is 5.47. The molecule has 0 bridgehead atoms. The zero-order valence-electron chi connectivity index (χ0n) is 10.3. The summed E-state index contributed by atoms with van der Waals surface area (Å²) in [5.74, 6) is 0.0833. The summed E-state index contributed by atoms with van der Waals surface area (Å²) < 4.78 is 35.2. The van der Waals surface area contributed by atoms with Crippen LogP contribution in [0, 0.1) is 6.92 Å². The van der Waals surface area contributed by atoms with Crippen molar-refractivity contribution in [2.45, 2.75) is 18.9 Å². The standard InChI is InChI=1S/C12H14F3NO2S/c1-9-2-4-10(5-3-9)6-19-7-11(17)16-18-8-12(13,14)15/h2-5H,6-8H2,1H3,(H,16,17). The highest BCUT2D eigenvalue weighted by atomic mass is 32.2. The van der Waals surface area contributed by atoms with Gasteiger partial charge in [0.15, 0.2) is 6.61 Å². The van der Waals surface area contributed by atoms with Crippen LogP contribution in [0.5, 0.6) is 0 Å². The fraction of sp³-hybridized carbons (Fsp3) is 0.417. The topological polar surface area (TPSA) is 38.3 Å². The summed E-state index contributed by atoms with van der Waals surface area (Å²) in [6, 6.07) is 7.81. The maximum Gasteiger partial charge on any atom is 0.414 e. The van der Waals surface area contributed by atoms with Gasteiger partial charge in [-0.1, -0.05) is 29.8 Å². The van der Waals surface area contributed by atoms with Crippen LogP contribution in [0.3, 0.4) is 0 Å². The van der Waals surface area contributed by atoms with Crippen molar-refractivity contribution in [3.05, 3.63) is 35.4 Å². The summed E-state index contributed by atoms with van der Waals surface area (Å²) >= 11 is 1.30. The molecule has 0 unspecified atom stereocenters. The molecule has 7 heteroatoms. The fourth-order valence-electron chi connectivity index (χ4n) is 1.17. The van der Waals surface area contributed by atoms with Crippen LogP contribution >= 0.6 is 11.8 Å². The van der Waals surface area contributed by atoms with E-state index in [0.29, 0.717) is 5.75 Å². The number of amides is 1. The van der Waals surface area contributed by atoms with Gasteiger partial charge in [0.1, 0.15) is 0 Å². The molecule has 1 aromatic carbocycles. The number of hydroxylamine groups is 1. The largest absolute Gasteiger partial charge is 0.414 e. The number of carbonyl (C=O) groups excluding carboxylic acids is 1. The number of benzene rings is 1. The number of carbonyl (C=O) groups is 1. The van der Waals surface area contributed by atoms with E-state index in [4.69, 9.17) is 0 Å². The third-order valence-electron chi connectivity index (χ3n) is 2.04. The second-order valence-corrected chi connectivity index (χ2v) is 4.89. The second kappa shape index (κ2) is 7.40. The van der Waals surface area contributed by atoms with Gasteiger partial charge in [-0.2, -0.15) is 13.2 Å². The van der Waals surface area contributed by atoms with Crippen LogP contribution in [-0.2, 0) is 15.4 Å². The molecular formula is C12H14F3NO2S. The van der Waals surface area contributed by atoms with Gasteiger partial charge >= 0.3 is 6.18 Å². The van der Waals surface area contributed by atoms with Gasteiger partial charge < -0.3 is 0 Å². The predicted octanol–water partition coefficient (Wildman–Crippen LogP) is 2.84. The summed E-state index contributed by atoms with van der Waals surface area (Å²) in [6.07, 6.45) is -4.44. The van der Waals surface area contributed by atoms with Gasteiger partial charge in [-0.3, -0.25) is 9.63 Å². The van der Waals surface area contributed by atoms with E-state index in [9.17, 15) is 18.0 Å². The lowest BCUT2D eigenvalue weighted by atomic mass is 10.2. The molecule has 0 atom stereocenters. The molecule has 0 radical (unpaired) electrons. The van der Waals surface area contributed by atoms with Gasteiger partial charge in [-0.25, -0.2) is 5.48 Å². The van der Waals surface area contributed by atoms with E-state index in [1.54, 1.807) is 5.48 Å². The zero-order valence-corrected chi connectivity index (χ0v) is 11.1. The number of halogens is 3. The minimum atomic E-state index is -4.44. The number of rotatable bonds is 6. The molecule has 106 valence electrons. The van der Waals surface area contributed by atoms with Crippen LogP contribution in [0.15, 0.2) is 24.3 Å². The molecular weight excluding hydrogens is 279 g/mol. The van der Waals surface area contributed by atoms with Gasteiger partial charge in [-0.15, -0.1) is 11.8 Å². The average Bonchev–Trinajstić information content (AvgIpc) is 2.30. The van der Waals surface area contributed by atoms with Crippen LogP contribution in [0.1, 0.15) is 11.1 Å². The highest BCUT2D eigenvalue weighted by molar-refractivity contribution is 7.99. The molecule has 0 saturated heterocycles. The third kappa shape index (κ3) is 7.74. The predicted molar refractivity (Wildman–Crippen MR) is 67.5 cm³/mol. The lowest BCUT2D eigenvalue weighted by Crippen LogP contribution is -2.30. The molecule has 0 spiro atoms. The first-order valence-corrected chi connectivity index (χ1v) is 6.63. The van der Waals surface area contributed by atoms with Gasteiger partial charge in [-0.05, 0) is 12.5 Å². The summed E-state index contributed by atoms with van der Waals surface area (Å²) in [7, 11) is 0. The van der Waals surface area contributed by atoms with Crippen LogP contribution in [0.2, 0.25) is 0 Å². The molecule has 1 N–H and O–H groups in total. The Morgan fingerprint density at radius 3 is 2.53 bits per heavy atom. The molecule has 1 rings (SSSR count). The van der Waals surface area contributed by atoms with Crippen molar-refractivity contribution in [1.29, 1.82) is 0 Å². The minimum Gasteiger partial charge on any atom is -0.272 e. The van der Waals surface area contributed by atoms with E-state index in [-0.39, 0.29) is 5.75 Å². The highest BCUT2D eigenvalue weighted by Gasteiger charge is 2.28. The lowest BCUT2D eigenvalue weighted by Gasteiger charge is -2.08. The summed E-state index contributed by atoms with van der Waals surface area (Å²) in [5.41, 5.74) is 3.96. The van der Waals surface area contributed by atoms with Crippen LogP contribution < -0.4 is 5.48 Å². The van der Waals surface area contributed by atoms with Crippen molar-refractivity contribution in [2.24, 2.45) is 0 Å². The smallest absolute Gasteiger partial charge is 0.272 e. The number of alkyl halides is 3. The molecule has 0 aliphatic rings. The summed E-state index contributed by atoms with van der Waals surface area (Å²) in [4.78, 5) is 15.2. The Morgan fingerprint density at radius 2 is 1.95 bits per heavy atom. The Hall–Kier alpha value is -1.21. The van der Waals surface area contributed by atoms with E-state index in [2.05, 4.69) is 4.84 Å². The number of hydrogen-bond acceptors (Lipinski definition) is 3. The molecule has 0 heterocycles. The Balaban J connectivity index is 2.15. The van der Waals surface area contributed by atoms with E-state index in [1.165, 1.54) is 11.8 Å². The monoisotopic (exact) mass is 293 g/mol. The highest BCUT2D eigenvalue weighted by Crippen LogP contribution is 2.14. The Bertz CT molecular complexity index is 406. The number of nitrogens with one attached hydrogen (secondary N) is 1. The van der Waals surface area contributed by atoms with Crippen LogP contribution in [-0.4, -0.2) is 24.4 Å². The molecule has 1 amide bonds. The van der Waals surface area contributed by atoms with Crippen molar-refractivity contribution in [1.82, 2.24) is 5.48 Å². The van der Waals surface area contributed by atoms with Crippen molar-refractivity contribution < 1.29 is 22.8 Å². The average molecular weight is 293 g/mol. The minimum absolute atomic E-state index is 0.0474. The molecule has 19 heavy (non-hydrogen) atoms. The van der Waals surface area contributed by atoms with Crippen molar-refractivity contribution >= 4 is 17.7 Å². The molecule has 0 fully saturated rings. The normalized spacial score (nSPS) is 11.4. The van der Waals surface area contributed by atoms with Crippen LogP contribution in [0.4, 0.5) is 13.2 Å². The second-order valence-electron chi connectivity index (χ2n) is 3.91. The summed E-state index contributed by atoms with van der Waals surface area (Å²) in [6.45, 7) is 0.490. The van der Waals surface area contributed by atoms with Crippen molar-refractivity contribution in [3.63, 3.8) is 0 Å².